The molecule has 1 aromatic rings. The molecule has 0 spiro atoms. The summed E-state index contributed by atoms with van der Waals surface area (Å²) >= 11 is 0. The Labute approximate surface area is 95.9 Å². The Morgan fingerprint density at radius 2 is 2.31 bits per heavy atom. The average molecular weight is 218 g/mol. The predicted octanol–water partition coefficient (Wildman–Crippen LogP) is 1.78. The van der Waals surface area contributed by atoms with Crippen LogP contribution in [0.2, 0.25) is 0 Å². The zero-order chi connectivity index (χ0) is 11.1. The van der Waals surface area contributed by atoms with Gasteiger partial charge in [-0.15, -0.1) is 0 Å². The number of rotatable bonds is 3. The molecule has 0 bridgehead atoms. The highest BCUT2D eigenvalue weighted by molar-refractivity contribution is 5.41. The molecule has 1 saturated carbocycles. The summed E-state index contributed by atoms with van der Waals surface area (Å²) in [7, 11) is 0. The minimum absolute atomic E-state index is 0.306. The normalized spacial score (nSPS) is 28.4. The summed E-state index contributed by atoms with van der Waals surface area (Å²) in [6.45, 7) is 3.10. The van der Waals surface area contributed by atoms with E-state index in [1.165, 1.54) is 17.5 Å². The first-order valence-electron chi connectivity index (χ1n) is 6.01. The topological polar surface area (TPSA) is 47.3 Å². The SMILES string of the molecule is CC1CC1C(NN)c1ccc2c(c1)CCO2. The van der Waals surface area contributed by atoms with Gasteiger partial charge in [0.25, 0.3) is 0 Å². The first-order valence-corrected chi connectivity index (χ1v) is 6.01. The summed E-state index contributed by atoms with van der Waals surface area (Å²) in [4.78, 5) is 0. The van der Waals surface area contributed by atoms with Gasteiger partial charge in [0.15, 0.2) is 0 Å². The third-order valence-corrected chi connectivity index (χ3v) is 3.85. The van der Waals surface area contributed by atoms with Crippen LogP contribution < -0.4 is 16.0 Å². The number of nitrogens with two attached hydrogens (primary N) is 1. The van der Waals surface area contributed by atoms with Crippen molar-refractivity contribution in [1.82, 2.24) is 5.43 Å². The molecule has 86 valence electrons. The Morgan fingerprint density at radius 3 is 3.00 bits per heavy atom. The molecule has 0 saturated heterocycles. The molecule has 3 N–H and O–H groups in total. The lowest BCUT2D eigenvalue weighted by Crippen LogP contribution is -2.29. The molecule has 0 radical (unpaired) electrons. The maximum atomic E-state index is 5.67. The Hall–Kier alpha value is -1.06. The van der Waals surface area contributed by atoms with Gasteiger partial charge in [-0.2, -0.15) is 0 Å². The predicted molar refractivity (Wildman–Crippen MR) is 63.0 cm³/mol. The number of hydrogen-bond donors (Lipinski definition) is 2. The number of nitrogens with one attached hydrogen (secondary N) is 1. The minimum Gasteiger partial charge on any atom is -0.493 e. The van der Waals surface area contributed by atoms with Gasteiger partial charge < -0.3 is 4.74 Å². The highest BCUT2D eigenvalue weighted by Gasteiger charge is 2.39. The number of hydrogen-bond acceptors (Lipinski definition) is 3. The van der Waals surface area contributed by atoms with Crippen LogP contribution in [-0.2, 0) is 6.42 Å². The molecule has 0 aromatic heterocycles. The van der Waals surface area contributed by atoms with E-state index in [1.807, 2.05) is 0 Å². The molecule has 2 aliphatic rings. The monoisotopic (exact) mass is 218 g/mol. The summed E-state index contributed by atoms with van der Waals surface area (Å²) in [5, 5.41) is 0. The van der Waals surface area contributed by atoms with Gasteiger partial charge >= 0.3 is 0 Å². The van der Waals surface area contributed by atoms with E-state index in [1.54, 1.807) is 0 Å². The largest absolute Gasteiger partial charge is 0.493 e. The molecule has 3 rings (SSSR count). The highest BCUT2D eigenvalue weighted by Crippen LogP contribution is 2.47. The van der Waals surface area contributed by atoms with E-state index in [9.17, 15) is 0 Å². The molecule has 3 unspecified atom stereocenters. The Kier molecular flexibility index (Phi) is 2.37. The van der Waals surface area contributed by atoms with Crippen molar-refractivity contribution in [2.45, 2.75) is 25.8 Å². The Bertz CT molecular complexity index is 405. The van der Waals surface area contributed by atoms with Gasteiger partial charge in [-0.1, -0.05) is 19.1 Å². The van der Waals surface area contributed by atoms with Crippen molar-refractivity contribution in [2.75, 3.05) is 6.61 Å². The summed E-state index contributed by atoms with van der Waals surface area (Å²) in [6, 6.07) is 6.77. The van der Waals surface area contributed by atoms with Crippen molar-refractivity contribution in [2.24, 2.45) is 17.7 Å². The van der Waals surface area contributed by atoms with E-state index in [0.29, 0.717) is 12.0 Å². The van der Waals surface area contributed by atoms with E-state index >= 15 is 0 Å². The molecular weight excluding hydrogens is 200 g/mol. The quantitative estimate of drug-likeness (QED) is 0.600. The average Bonchev–Trinajstić information content (AvgIpc) is 2.82. The second kappa shape index (κ2) is 3.75. The first-order chi connectivity index (χ1) is 7.79. The van der Waals surface area contributed by atoms with Crippen LogP contribution in [0.1, 0.15) is 30.5 Å². The van der Waals surface area contributed by atoms with Gasteiger partial charge in [0.05, 0.1) is 6.61 Å². The van der Waals surface area contributed by atoms with Gasteiger partial charge in [0.1, 0.15) is 5.75 Å². The number of hydrazine groups is 1. The smallest absolute Gasteiger partial charge is 0.122 e. The molecular formula is C13H18N2O. The Morgan fingerprint density at radius 1 is 1.50 bits per heavy atom. The van der Waals surface area contributed by atoms with E-state index < -0.39 is 0 Å². The van der Waals surface area contributed by atoms with Gasteiger partial charge in [-0.05, 0) is 35.4 Å². The summed E-state index contributed by atoms with van der Waals surface area (Å²) in [5.74, 6) is 8.21. The van der Waals surface area contributed by atoms with Crippen molar-refractivity contribution >= 4 is 0 Å². The molecule has 1 fully saturated rings. The maximum absolute atomic E-state index is 5.67. The van der Waals surface area contributed by atoms with Gasteiger partial charge in [0, 0.05) is 12.5 Å². The second-order valence-electron chi connectivity index (χ2n) is 4.99. The molecule has 1 aliphatic heterocycles. The molecule has 3 nitrogen and oxygen atoms in total. The fraction of sp³-hybridized carbons (Fsp3) is 0.538. The van der Waals surface area contributed by atoms with E-state index in [4.69, 9.17) is 10.6 Å². The van der Waals surface area contributed by atoms with Crippen LogP contribution in [0.5, 0.6) is 5.75 Å². The van der Waals surface area contributed by atoms with Crippen LogP contribution in [0, 0.1) is 11.8 Å². The van der Waals surface area contributed by atoms with Crippen molar-refractivity contribution in [3.63, 3.8) is 0 Å². The fourth-order valence-corrected chi connectivity index (χ4v) is 2.68. The van der Waals surface area contributed by atoms with E-state index in [2.05, 4.69) is 30.5 Å². The van der Waals surface area contributed by atoms with Crippen molar-refractivity contribution in [3.8, 4) is 5.75 Å². The summed E-state index contributed by atoms with van der Waals surface area (Å²) < 4.78 is 5.51. The lowest BCUT2D eigenvalue weighted by Gasteiger charge is -2.16. The molecule has 1 heterocycles. The van der Waals surface area contributed by atoms with Crippen molar-refractivity contribution in [1.29, 1.82) is 0 Å². The molecule has 3 atom stereocenters. The molecule has 0 amide bonds. The standard InChI is InChI=1S/C13H18N2O/c1-8-6-11(8)13(15-14)10-2-3-12-9(7-10)4-5-16-12/h2-3,7-8,11,13,15H,4-6,14H2,1H3. The highest BCUT2D eigenvalue weighted by atomic mass is 16.5. The minimum atomic E-state index is 0.306. The Balaban J connectivity index is 1.87. The first kappa shape index (κ1) is 10.1. The van der Waals surface area contributed by atoms with Crippen LogP contribution in [-0.4, -0.2) is 6.61 Å². The van der Waals surface area contributed by atoms with Gasteiger partial charge in [-0.3, -0.25) is 11.3 Å². The fourth-order valence-electron chi connectivity index (χ4n) is 2.68. The maximum Gasteiger partial charge on any atom is 0.122 e. The van der Waals surface area contributed by atoms with Gasteiger partial charge in [-0.25, -0.2) is 0 Å². The zero-order valence-corrected chi connectivity index (χ0v) is 9.57. The van der Waals surface area contributed by atoms with Gasteiger partial charge in [0.2, 0.25) is 0 Å². The lowest BCUT2D eigenvalue weighted by atomic mass is 9.99. The van der Waals surface area contributed by atoms with E-state index in [0.717, 1.165) is 24.7 Å². The molecule has 1 aliphatic carbocycles. The van der Waals surface area contributed by atoms with E-state index in [-0.39, 0.29) is 0 Å². The molecule has 1 aromatic carbocycles. The second-order valence-corrected chi connectivity index (χ2v) is 4.99. The molecule has 3 heteroatoms. The third kappa shape index (κ3) is 1.60. The lowest BCUT2D eigenvalue weighted by molar-refractivity contribution is 0.356. The van der Waals surface area contributed by atoms with Crippen LogP contribution >= 0.6 is 0 Å². The van der Waals surface area contributed by atoms with Crippen LogP contribution in [0.15, 0.2) is 18.2 Å². The van der Waals surface area contributed by atoms with Crippen LogP contribution in [0.25, 0.3) is 0 Å². The van der Waals surface area contributed by atoms with Crippen molar-refractivity contribution in [3.05, 3.63) is 29.3 Å². The summed E-state index contributed by atoms with van der Waals surface area (Å²) in [5.41, 5.74) is 5.59. The molecule has 16 heavy (non-hydrogen) atoms. The third-order valence-electron chi connectivity index (χ3n) is 3.85. The van der Waals surface area contributed by atoms with Crippen LogP contribution in [0.3, 0.4) is 0 Å². The van der Waals surface area contributed by atoms with Crippen LogP contribution in [0.4, 0.5) is 0 Å². The number of ether oxygens (including phenoxy) is 1. The number of benzene rings is 1. The summed E-state index contributed by atoms with van der Waals surface area (Å²) in [6.07, 6.45) is 2.31. The zero-order valence-electron chi connectivity index (χ0n) is 9.57. The number of fused-ring (bicyclic) bond motifs is 1. The van der Waals surface area contributed by atoms with Crippen molar-refractivity contribution < 1.29 is 4.74 Å².